The molecule has 0 spiro atoms. The maximum atomic E-state index is 12.2. The average molecular weight is 261 g/mol. The van der Waals surface area contributed by atoms with Crippen LogP contribution in [0.3, 0.4) is 0 Å². The van der Waals surface area contributed by atoms with Crippen LogP contribution in [0.5, 0.6) is 5.75 Å². The number of ketones is 1. The predicted octanol–water partition coefficient (Wildman–Crippen LogP) is 3.00. The zero-order chi connectivity index (χ0) is 13.7. The SMILES string of the molecule is CCOc1ccc(C(=O)CN2CCC[C@H](C)C2)cc1. The summed E-state index contributed by atoms with van der Waals surface area (Å²) in [6, 6.07) is 7.46. The molecule has 3 nitrogen and oxygen atoms in total. The molecular formula is C16H23NO2. The van der Waals surface area contributed by atoms with Gasteiger partial charge in [-0.05, 0) is 56.5 Å². The number of nitrogens with zero attached hydrogens (tertiary/aromatic N) is 1. The fraction of sp³-hybridized carbons (Fsp3) is 0.562. The van der Waals surface area contributed by atoms with Crippen LogP contribution >= 0.6 is 0 Å². The molecule has 0 aromatic heterocycles. The standard InChI is InChI=1S/C16H23NO2/c1-3-19-15-8-6-14(7-9-15)16(18)12-17-10-4-5-13(2)11-17/h6-9,13H,3-5,10-12H2,1-2H3/t13-/m0/s1. The number of carbonyl (C=O) groups is 1. The van der Waals surface area contributed by atoms with Crippen LogP contribution < -0.4 is 4.74 Å². The second kappa shape index (κ2) is 6.71. The zero-order valence-electron chi connectivity index (χ0n) is 11.9. The topological polar surface area (TPSA) is 29.5 Å². The molecule has 0 unspecified atom stereocenters. The summed E-state index contributed by atoms with van der Waals surface area (Å²) in [4.78, 5) is 14.5. The lowest BCUT2D eigenvalue weighted by molar-refractivity contribution is 0.0893. The highest BCUT2D eigenvalue weighted by Gasteiger charge is 2.19. The first-order chi connectivity index (χ1) is 9.19. The van der Waals surface area contributed by atoms with Crippen molar-refractivity contribution in [1.29, 1.82) is 0 Å². The normalized spacial score (nSPS) is 20.2. The Morgan fingerprint density at radius 2 is 2.11 bits per heavy atom. The summed E-state index contributed by atoms with van der Waals surface area (Å²) in [5.41, 5.74) is 0.779. The minimum Gasteiger partial charge on any atom is -0.494 e. The van der Waals surface area contributed by atoms with Crippen molar-refractivity contribution in [1.82, 2.24) is 4.90 Å². The zero-order valence-corrected chi connectivity index (χ0v) is 11.9. The second-order valence-corrected chi connectivity index (χ2v) is 5.36. The van der Waals surface area contributed by atoms with Crippen LogP contribution in [0.2, 0.25) is 0 Å². The smallest absolute Gasteiger partial charge is 0.176 e. The molecule has 1 heterocycles. The summed E-state index contributed by atoms with van der Waals surface area (Å²) in [5, 5.41) is 0. The van der Waals surface area contributed by atoms with Gasteiger partial charge in [-0.1, -0.05) is 6.92 Å². The highest BCUT2D eigenvalue weighted by Crippen LogP contribution is 2.17. The number of likely N-dealkylation sites (tertiary alicyclic amines) is 1. The van der Waals surface area contributed by atoms with E-state index in [1.54, 1.807) is 0 Å². The lowest BCUT2D eigenvalue weighted by atomic mass is 9.99. The van der Waals surface area contributed by atoms with E-state index in [0.29, 0.717) is 19.1 Å². The molecule has 1 atom stereocenters. The van der Waals surface area contributed by atoms with Crippen molar-refractivity contribution in [3.63, 3.8) is 0 Å². The summed E-state index contributed by atoms with van der Waals surface area (Å²) in [6.45, 7) is 7.50. The molecule has 1 fully saturated rings. The summed E-state index contributed by atoms with van der Waals surface area (Å²) >= 11 is 0. The minimum absolute atomic E-state index is 0.206. The van der Waals surface area contributed by atoms with E-state index in [-0.39, 0.29) is 5.78 Å². The Morgan fingerprint density at radius 3 is 2.74 bits per heavy atom. The highest BCUT2D eigenvalue weighted by molar-refractivity contribution is 5.97. The van der Waals surface area contributed by atoms with Gasteiger partial charge in [0, 0.05) is 12.1 Å². The highest BCUT2D eigenvalue weighted by atomic mass is 16.5. The largest absolute Gasteiger partial charge is 0.494 e. The Bertz CT molecular complexity index is 413. The van der Waals surface area contributed by atoms with Gasteiger partial charge >= 0.3 is 0 Å². The van der Waals surface area contributed by atoms with E-state index >= 15 is 0 Å². The Balaban J connectivity index is 1.91. The fourth-order valence-corrected chi connectivity index (χ4v) is 2.63. The van der Waals surface area contributed by atoms with E-state index in [4.69, 9.17) is 4.74 Å². The van der Waals surface area contributed by atoms with E-state index in [9.17, 15) is 4.79 Å². The van der Waals surface area contributed by atoms with Gasteiger partial charge in [0.1, 0.15) is 5.75 Å². The van der Waals surface area contributed by atoms with E-state index in [0.717, 1.165) is 24.4 Å². The van der Waals surface area contributed by atoms with Gasteiger partial charge in [0.2, 0.25) is 0 Å². The third kappa shape index (κ3) is 4.06. The first-order valence-electron chi connectivity index (χ1n) is 7.17. The van der Waals surface area contributed by atoms with Crippen LogP contribution in [-0.2, 0) is 0 Å². The lowest BCUT2D eigenvalue weighted by Crippen LogP contribution is -2.37. The molecule has 1 aliphatic heterocycles. The van der Waals surface area contributed by atoms with Gasteiger partial charge in [0.05, 0.1) is 13.2 Å². The van der Waals surface area contributed by atoms with E-state index in [2.05, 4.69) is 11.8 Å². The van der Waals surface area contributed by atoms with Crippen molar-refractivity contribution in [2.45, 2.75) is 26.7 Å². The van der Waals surface area contributed by atoms with E-state index < -0.39 is 0 Å². The first-order valence-corrected chi connectivity index (χ1v) is 7.17. The number of ether oxygens (including phenoxy) is 1. The van der Waals surface area contributed by atoms with Crippen LogP contribution in [0.25, 0.3) is 0 Å². The average Bonchev–Trinajstić information content (AvgIpc) is 2.40. The van der Waals surface area contributed by atoms with Crippen molar-refractivity contribution < 1.29 is 9.53 Å². The van der Waals surface area contributed by atoms with Gasteiger partial charge in [-0.3, -0.25) is 9.69 Å². The first kappa shape index (κ1) is 14.1. The third-order valence-corrected chi connectivity index (χ3v) is 3.60. The Kier molecular flexibility index (Phi) is 4.97. The molecule has 1 aliphatic rings. The van der Waals surface area contributed by atoms with Gasteiger partial charge in [-0.2, -0.15) is 0 Å². The van der Waals surface area contributed by atoms with Crippen molar-refractivity contribution in [3.8, 4) is 5.75 Å². The molecule has 0 amide bonds. The van der Waals surface area contributed by atoms with Crippen molar-refractivity contribution in [3.05, 3.63) is 29.8 Å². The molecule has 0 saturated carbocycles. The molecule has 0 aliphatic carbocycles. The van der Waals surface area contributed by atoms with Gasteiger partial charge in [-0.25, -0.2) is 0 Å². The summed E-state index contributed by atoms with van der Waals surface area (Å²) in [5.74, 6) is 1.74. The van der Waals surface area contributed by atoms with Gasteiger partial charge < -0.3 is 4.74 Å². The molecule has 0 N–H and O–H groups in total. The molecule has 19 heavy (non-hydrogen) atoms. The van der Waals surface area contributed by atoms with Gasteiger partial charge in [0.15, 0.2) is 5.78 Å². The van der Waals surface area contributed by atoms with Crippen LogP contribution in [0.1, 0.15) is 37.0 Å². The third-order valence-electron chi connectivity index (χ3n) is 3.60. The van der Waals surface area contributed by atoms with Gasteiger partial charge in [-0.15, -0.1) is 0 Å². The monoisotopic (exact) mass is 261 g/mol. The van der Waals surface area contributed by atoms with Crippen LogP contribution in [0.4, 0.5) is 0 Å². The molecular weight excluding hydrogens is 238 g/mol. The van der Waals surface area contributed by atoms with E-state index in [1.807, 2.05) is 31.2 Å². The maximum absolute atomic E-state index is 12.2. The number of benzene rings is 1. The second-order valence-electron chi connectivity index (χ2n) is 5.36. The number of Topliss-reactive ketones (excluding diaryl/α,β-unsaturated/α-hetero) is 1. The molecule has 2 rings (SSSR count). The number of hydrogen-bond donors (Lipinski definition) is 0. The van der Waals surface area contributed by atoms with E-state index in [1.165, 1.54) is 12.8 Å². The molecule has 3 heteroatoms. The maximum Gasteiger partial charge on any atom is 0.176 e. The molecule has 0 bridgehead atoms. The van der Waals surface area contributed by atoms with Crippen LogP contribution in [0.15, 0.2) is 24.3 Å². The Hall–Kier alpha value is -1.35. The molecule has 104 valence electrons. The summed E-state index contributed by atoms with van der Waals surface area (Å²) in [7, 11) is 0. The number of rotatable bonds is 5. The molecule has 1 aromatic carbocycles. The summed E-state index contributed by atoms with van der Waals surface area (Å²) in [6.07, 6.45) is 2.49. The lowest BCUT2D eigenvalue weighted by Gasteiger charge is -2.30. The van der Waals surface area contributed by atoms with Crippen molar-refractivity contribution >= 4 is 5.78 Å². The quantitative estimate of drug-likeness (QED) is 0.763. The molecule has 1 aromatic rings. The fourth-order valence-electron chi connectivity index (χ4n) is 2.63. The Morgan fingerprint density at radius 1 is 1.37 bits per heavy atom. The minimum atomic E-state index is 0.206. The Labute approximate surface area is 115 Å². The number of carbonyl (C=O) groups excluding carboxylic acids is 1. The van der Waals surface area contributed by atoms with Crippen LogP contribution in [0, 0.1) is 5.92 Å². The van der Waals surface area contributed by atoms with Crippen molar-refractivity contribution in [2.24, 2.45) is 5.92 Å². The molecule has 1 saturated heterocycles. The molecule has 0 radical (unpaired) electrons. The van der Waals surface area contributed by atoms with Crippen molar-refractivity contribution in [2.75, 3.05) is 26.2 Å². The number of hydrogen-bond acceptors (Lipinski definition) is 3. The van der Waals surface area contributed by atoms with Crippen LogP contribution in [-0.4, -0.2) is 36.9 Å². The predicted molar refractivity (Wildman–Crippen MR) is 76.8 cm³/mol. The number of piperidine rings is 1. The van der Waals surface area contributed by atoms with Gasteiger partial charge in [0.25, 0.3) is 0 Å². The summed E-state index contributed by atoms with van der Waals surface area (Å²) < 4.78 is 5.38.